The number of carbonyl (C=O) groups is 1. The second-order valence-electron chi connectivity index (χ2n) is 4.10. The average molecular weight is 402 g/mol. The summed E-state index contributed by atoms with van der Waals surface area (Å²) >= 11 is 6.43. The van der Waals surface area contributed by atoms with Gasteiger partial charge < -0.3 is 10.2 Å². The van der Waals surface area contributed by atoms with Gasteiger partial charge in [-0.2, -0.15) is 5.10 Å². The molecule has 1 heterocycles. The fourth-order valence-electron chi connectivity index (χ4n) is 1.62. The van der Waals surface area contributed by atoms with Crippen LogP contribution in [-0.2, 0) is 4.79 Å². The minimum atomic E-state index is -1.09. The van der Waals surface area contributed by atoms with Gasteiger partial charge in [0.15, 0.2) is 0 Å². The Morgan fingerprint density at radius 2 is 2.10 bits per heavy atom. The largest absolute Gasteiger partial charge is 0.506 e. The van der Waals surface area contributed by atoms with Crippen LogP contribution in [0.15, 0.2) is 27.1 Å². The van der Waals surface area contributed by atoms with Crippen LogP contribution in [0.4, 0.5) is 0 Å². The molecule has 7 heteroatoms. The molecule has 0 aliphatic rings. The summed E-state index contributed by atoms with van der Waals surface area (Å²) in [5, 5.41) is 25.8. The number of aliphatic carboxylic acids is 1. The molecule has 0 aliphatic carbocycles. The molecule has 5 nitrogen and oxygen atoms in total. The lowest BCUT2D eigenvalue weighted by atomic mass is 10.1. The first-order chi connectivity index (χ1) is 9.40. The number of nitrogens with one attached hydrogen (secondary N) is 1. The van der Waals surface area contributed by atoms with Gasteiger partial charge in [0.1, 0.15) is 5.75 Å². The summed E-state index contributed by atoms with van der Waals surface area (Å²) in [4.78, 5) is 11.4. The molecule has 2 aromatic rings. The van der Waals surface area contributed by atoms with E-state index < -0.39 is 5.97 Å². The number of nitrogens with zero attached hydrogens (tertiary/aromatic N) is 1. The summed E-state index contributed by atoms with van der Waals surface area (Å²) in [5.74, 6) is -1.08. The monoisotopic (exact) mass is 400 g/mol. The summed E-state index contributed by atoms with van der Waals surface area (Å²) in [5.41, 5.74) is 1.69. The van der Waals surface area contributed by atoms with Gasteiger partial charge in [-0.05, 0) is 62.6 Å². The molecule has 0 saturated carbocycles. The van der Waals surface area contributed by atoms with Crippen molar-refractivity contribution in [3.05, 3.63) is 44.1 Å². The van der Waals surface area contributed by atoms with Gasteiger partial charge in [-0.3, -0.25) is 5.10 Å². The Hall–Kier alpha value is -1.60. The lowest BCUT2D eigenvalue weighted by Gasteiger charge is -2.05. The van der Waals surface area contributed by atoms with Crippen molar-refractivity contribution in [2.24, 2.45) is 0 Å². The molecule has 0 unspecified atom stereocenters. The van der Waals surface area contributed by atoms with Gasteiger partial charge in [0.05, 0.1) is 20.2 Å². The Labute approximate surface area is 131 Å². The number of carboxylic acid groups (broad SMARTS) is 1. The predicted molar refractivity (Wildman–Crippen MR) is 82.3 cm³/mol. The zero-order chi connectivity index (χ0) is 14.9. The van der Waals surface area contributed by atoms with Crippen molar-refractivity contribution in [1.82, 2.24) is 10.2 Å². The zero-order valence-electron chi connectivity index (χ0n) is 10.3. The summed E-state index contributed by atoms with van der Waals surface area (Å²) in [7, 11) is 0. The second-order valence-corrected chi connectivity index (χ2v) is 5.75. The summed E-state index contributed by atoms with van der Waals surface area (Å²) in [6.07, 6.45) is 1.45. The Morgan fingerprint density at radius 3 is 2.65 bits per heavy atom. The van der Waals surface area contributed by atoms with Crippen LogP contribution in [0.3, 0.4) is 0 Å². The number of carboxylic acids is 1. The van der Waals surface area contributed by atoms with Gasteiger partial charge in [-0.15, -0.1) is 0 Å². The quantitative estimate of drug-likeness (QED) is 0.686. The molecule has 0 atom stereocenters. The molecule has 0 spiro atoms. The fraction of sp³-hybridized carbons (Fsp3) is 0.0769. The maximum absolute atomic E-state index is 11.4. The normalized spacial score (nSPS) is 11.7. The molecule has 2 rings (SSSR count). The van der Waals surface area contributed by atoms with Gasteiger partial charge in [0.25, 0.3) is 0 Å². The number of halogens is 2. The van der Waals surface area contributed by atoms with Crippen molar-refractivity contribution in [1.29, 1.82) is 0 Å². The fourth-order valence-corrected chi connectivity index (χ4v) is 2.68. The molecule has 20 heavy (non-hydrogen) atoms. The van der Waals surface area contributed by atoms with Crippen molar-refractivity contribution < 1.29 is 15.0 Å². The molecular formula is C13H10Br2N2O3. The Bertz CT molecular complexity index is 708. The third kappa shape index (κ3) is 2.94. The first kappa shape index (κ1) is 14.8. The van der Waals surface area contributed by atoms with Crippen LogP contribution < -0.4 is 0 Å². The lowest BCUT2D eigenvalue weighted by molar-refractivity contribution is -0.130. The highest BCUT2D eigenvalue weighted by atomic mass is 79.9. The molecule has 0 amide bonds. The van der Waals surface area contributed by atoms with E-state index in [-0.39, 0.29) is 11.3 Å². The van der Waals surface area contributed by atoms with E-state index in [4.69, 9.17) is 0 Å². The van der Waals surface area contributed by atoms with E-state index in [1.54, 1.807) is 25.1 Å². The topological polar surface area (TPSA) is 86.2 Å². The van der Waals surface area contributed by atoms with Crippen LogP contribution in [-0.4, -0.2) is 26.4 Å². The smallest absolute Gasteiger partial charge is 0.337 e. The number of phenols is 1. The number of H-pyrrole nitrogens is 1. The highest BCUT2D eigenvalue weighted by Crippen LogP contribution is 2.36. The summed E-state index contributed by atoms with van der Waals surface area (Å²) in [6, 6.07) is 4.98. The van der Waals surface area contributed by atoms with Crippen molar-refractivity contribution in [3.63, 3.8) is 0 Å². The molecule has 104 valence electrons. The van der Waals surface area contributed by atoms with Crippen molar-refractivity contribution >= 4 is 49.5 Å². The molecule has 0 aliphatic heterocycles. The van der Waals surface area contributed by atoms with E-state index in [0.29, 0.717) is 20.2 Å². The minimum Gasteiger partial charge on any atom is -0.506 e. The number of aromatic amines is 1. The van der Waals surface area contributed by atoms with Gasteiger partial charge in [0, 0.05) is 5.69 Å². The van der Waals surface area contributed by atoms with E-state index >= 15 is 0 Å². The van der Waals surface area contributed by atoms with Gasteiger partial charge >= 0.3 is 5.97 Å². The van der Waals surface area contributed by atoms with Crippen LogP contribution in [0.5, 0.6) is 5.75 Å². The Morgan fingerprint density at radius 1 is 1.40 bits per heavy atom. The molecule has 0 radical (unpaired) electrons. The van der Waals surface area contributed by atoms with Crippen LogP contribution in [0.25, 0.3) is 11.6 Å². The van der Waals surface area contributed by atoms with E-state index in [9.17, 15) is 15.0 Å². The molecule has 3 N–H and O–H groups in total. The van der Waals surface area contributed by atoms with Gasteiger partial charge in [0.2, 0.25) is 0 Å². The first-order valence-electron chi connectivity index (χ1n) is 5.54. The van der Waals surface area contributed by atoms with Crippen LogP contribution >= 0.6 is 31.9 Å². The number of hydrogen-bond acceptors (Lipinski definition) is 3. The number of benzene rings is 1. The molecular weight excluding hydrogens is 392 g/mol. The second kappa shape index (κ2) is 5.80. The maximum Gasteiger partial charge on any atom is 0.337 e. The van der Waals surface area contributed by atoms with E-state index in [1.165, 1.54) is 6.08 Å². The first-order valence-corrected chi connectivity index (χ1v) is 7.13. The molecule has 1 aromatic carbocycles. The minimum absolute atomic E-state index is 0.0155. The number of aromatic nitrogens is 2. The highest BCUT2D eigenvalue weighted by Gasteiger charge is 2.15. The molecule has 0 fully saturated rings. The third-order valence-electron chi connectivity index (χ3n) is 2.61. The predicted octanol–water partition coefficient (Wildman–Crippen LogP) is 3.57. The molecule has 0 saturated heterocycles. The Balaban J connectivity index is 2.55. The standard InChI is InChI=1S/C13H10Br2N2O3/c1-6-4-10(17-16-6)8(13(19)20)5-7-2-3-9(14)12(18)11(7)15/h2-5,18H,1H3,(H,16,17)(H,19,20)/b8-5-. The number of aromatic hydroxyl groups is 1. The number of phenolic OH excluding ortho intramolecular Hbond substituents is 1. The van der Waals surface area contributed by atoms with E-state index in [0.717, 1.165) is 5.69 Å². The maximum atomic E-state index is 11.4. The zero-order valence-corrected chi connectivity index (χ0v) is 13.5. The Kier molecular flexibility index (Phi) is 4.29. The average Bonchev–Trinajstić information content (AvgIpc) is 2.81. The van der Waals surface area contributed by atoms with Gasteiger partial charge in [-0.25, -0.2) is 4.79 Å². The SMILES string of the molecule is Cc1cc(/C(=C/c2ccc(Br)c(O)c2Br)C(=O)O)n[nH]1. The van der Waals surface area contributed by atoms with E-state index in [2.05, 4.69) is 42.1 Å². The number of hydrogen-bond donors (Lipinski definition) is 3. The summed E-state index contributed by atoms with van der Waals surface area (Å²) in [6.45, 7) is 1.79. The molecule has 0 bridgehead atoms. The lowest BCUT2D eigenvalue weighted by Crippen LogP contribution is -2.00. The summed E-state index contributed by atoms with van der Waals surface area (Å²) < 4.78 is 0.937. The van der Waals surface area contributed by atoms with Crippen LogP contribution in [0, 0.1) is 6.92 Å². The highest BCUT2D eigenvalue weighted by molar-refractivity contribution is 9.11. The van der Waals surface area contributed by atoms with Crippen LogP contribution in [0.2, 0.25) is 0 Å². The molecule has 1 aromatic heterocycles. The number of rotatable bonds is 3. The van der Waals surface area contributed by atoms with Crippen molar-refractivity contribution in [2.75, 3.05) is 0 Å². The van der Waals surface area contributed by atoms with E-state index in [1.807, 2.05) is 0 Å². The third-order valence-corrected chi connectivity index (χ3v) is 4.08. The van der Waals surface area contributed by atoms with Crippen molar-refractivity contribution in [2.45, 2.75) is 6.92 Å². The van der Waals surface area contributed by atoms with Crippen LogP contribution in [0.1, 0.15) is 17.0 Å². The van der Waals surface area contributed by atoms with Crippen molar-refractivity contribution in [3.8, 4) is 5.75 Å². The van der Waals surface area contributed by atoms with Gasteiger partial charge in [-0.1, -0.05) is 6.07 Å². The number of aryl methyl sites for hydroxylation is 1.